The molecule has 20 heavy (non-hydrogen) atoms. The summed E-state index contributed by atoms with van der Waals surface area (Å²) in [5.41, 5.74) is 0.443. The maximum Gasteiger partial charge on any atom is 0.0586 e. The molecule has 0 radical (unpaired) electrons. The van der Waals surface area contributed by atoms with Gasteiger partial charge in [-0.3, -0.25) is 4.90 Å². The first-order valence-electron chi connectivity index (χ1n) is 8.73. The van der Waals surface area contributed by atoms with Crippen LogP contribution in [-0.4, -0.2) is 48.3 Å². The van der Waals surface area contributed by atoms with Crippen LogP contribution in [0.2, 0.25) is 0 Å². The van der Waals surface area contributed by atoms with Crippen molar-refractivity contribution in [3.05, 3.63) is 0 Å². The molecule has 0 spiro atoms. The van der Waals surface area contributed by atoms with E-state index in [2.05, 4.69) is 24.1 Å². The zero-order valence-corrected chi connectivity index (χ0v) is 13.5. The van der Waals surface area contributed by atoms with Crippen molar-refractivity contribution in [2.45, 2.75) is 77.3 Å². The fourth-order valence-electron chi connectivity index (χ4n) is 4.03. The summed E-state index contributed by atoms with van der Waals surface area (Å²) in [6, 6.07) is 0.997. The van der Waals surface area contributed by atoms with Crippen molar-refractivity contribution >= 4 is 0 Å². The van der Waals surface area contributed by atoms with Crippen molar-refractivity contribution in [2.24, 2.45) is 5.41 Å². The highest BCUT2D eigenvalue weighted by Crippen LogP contribution is 2.37. The fraction of sp³-hybridized carbons (Fsp3) is 1.00. The summed E-state index contributed by atoms with van der Waals surface area (Å²) in [5.74, 6) is 0. The van der Waals surface area contributed by atoms with E-state index in [1.54, 1.807) is 0 Å². The summed E-state index contributed by atoms with van der Waals surface area (Å²) < 4.78 is 0. The molecule has 1 saturated carbocycles. The number of rotatable bonds is 6. The van der Waals surface area contributed by atoms with E-state index in [9.17, 15) is 5.11 Å². The zero-order chi connectivity index (χ0) is 14.4. The van der Waals surface area contributed by atoms with Crippen LogP contribution in [0.3, 0.4) is 0 Å². The number of hydrogen-bond acceptors (Lipinski definition) is 3. The largest absolute Gasteiger partial charge is 0.395 e. The Morgan fingerprint density at radius 3 is 2.45 bits per heavy atom. The summed E-state index contributed by atoms with van der Waals surface area (Å²) >= 11 is 0. The third-order valence-corrected chi connectivity index (χ3v) is 5.30. The Morgan fingerprint density at radius 2 is 1.85 bits per heavy atom. The lowest BCUT2D eigenvalue weighted by atomic mass is 9.79. The lowest BCUT2D eigenvalue weighted by molar-refractivity contribution is 0.0879. The molecule has 2 rings (SSSR count). The highest BCUT2D eigenvalue weighted by Gasteiger charge is 2.36. The molecule has 1 unspecified atom stereocenters. The van der Waals surface area contributed by atoms with E-state index in [0.717, 1.165) is 6.54 Å². The van der Waals surface area contributed by atoms with E-state index in [-0.39, 0.29) is 0 Å². The summed E-state index contributed by atoms with van der Waals surface area (Å²) in [7, 11) is 0. The number of aliphatic hydroxyl groups is 1. The molecular weight excluding hydrogens is 248 g/mol. The van der Waals surface area contributed by atoms with Gasteiger partial charge in [-0.2, -0.15) is 0 Å². The van der Waals surface area contributed by atoms with Crippen LogP contribution in [0.1, 0.15) is 65.2 Å². The quantitative estimate of drug-likeness (QED) is 0.735. The van der Waals surface area contributed by atoms with Gasteiger partial charge in [0.25, 0.3) is 0 Å². The zero-order valence-electron chi connectivity index (χ0n) is 13.5. The molecule has 0 aromatic carbocycles. The highest BCUT2D eigenvalue weighted by atomic mass is 16.3. The van der Waals surface area contributed by atoms with Gasteiger partial charge in [0, 0.05) is 25.2 Å². The first kappa shape index (κ1) is 16.3. The summed E-state index contributed by atoms with van der Waals surface area (Å²) in [4.78, 5) is 2.58. The van der Waals surface area contributed by atoms with E-state index in [4.69, 9.17) is 0 Å². The smallest absolute Gasteiger partial charge is 0.0586 e. The Hall–Kier alpha value is -0.120. The second-order valence-corrected chi connectivity index (χ2v) is 7.40. The van der Waals surface area contributed by atoms with Gasteiger partial charge in [-0.25, -0.2) is 0 Å². The number of nitrogens with zero attached hydrogens (tertiary/aromatic N) is 1. The summed E-state index contributed by atoms with van der Waals surface area (Å²) in [6.07, 6.45) is 10.8. The molecule has 0 aromatic heterocycles. The highest BCUT2D eigenvalue weighted by molar-refractivity contribution is 4.91. The third kappa shape index (κ3) is 4.44. The molecule has 1 aliphatic carbocycles. The number of nitrogens with one attached hydrogen (secondary N) is 1. The van der Waals surface area contributed by atoms with Crippen LogP contribution in [0.5, 0.6) is 0 Å². The lowest BCUT2D eigenvalue weighted by Crippen LogP contribution is -2.47. The molecule has 2 fully saturated rings. The molecule has 118 valence electrons. The Bertz CT molecular complexity index is 272. The molecule has 2 N–H and O–H groups in total. The van der Waals surface area contributed by atoms with Gasteiger partial charge < -0.3 is 10.4 Å². The lowest BCUT2D eigenvalue weighted by Gasteiger charge is -2.39. The minimum absolute atomic E-state index is 0.341. The van der Waals surface area contributed by atoms with Crippen molar-refractivity contribution in [3.63, 3.8) is 0 Å². The second kappa shape index (κ2) is 7.77. The van der Waals surface area contributed by atoms with Gasteiger partial charge in [0.2, 0.25) is 0 Å². The van der Waals surface area contributed by atoms with E-state index < -0.39 is 0 Å². The normalized spacial score (nSPS) is 27.9. The molecule has 1 aliphatic heterocycles. The van der Waals surface area contributed by atoms with Crippen molar-refractivity contribution in [1.82, 2.24) is 10.2 Å². The van der Waals surface area contributed by atoms with E-state index in [1.807, 2.05) is 0 Å². The first-order valence-corrected chi connectivity index (χ1v) is 8.73. The third-order valence-electron chi connectivity index (χ3n) is 5.30. The molecular formula is C17H34N2O. The minimum atomic E-state index is 0.341. The van der Waals surface area contributed by atoms with Crippen LogP contribution in [0.4, 0.5) is 0 Å². The Labute approximate surface area is 125 Å². The van der Waals surface area contributed by atoms with Gasteiger partial charge in [0.05, 0.1) is 6.61 Å². The van der Waals surface area contributed by atoms with Gasteiger partial charge in [0.15, 0.2) is 0 Å². The molecule has 0 amide bonds. The van der Waals surface area contributed by atoms with Crippen LogP contribution in [0.15, 0.2) is 0 Å². The predicted molar refractivity (Wildman–Crippen MR) is 85.0 cm³/mol. The standard InChI is InChI=1S/C17H34N2O/c1-15(2)18-13-17(9-5-3-4-6-10-17)14-19-11-7-8-16(19)12-20/h15-16,18,20H,3-14H2,1-2H3. The van der Waals surface area contributed by atoms with Crippen molar-refractivity contribution < 1.29 is 5.11 Å². The van der Waals surface area contributed by atoms with Gasteiger partial charge in [-0.05, 0) is 37.6 Å². The molecule has 0 bridgehead atoms. The fourth-order valence-corrected chi connectivity index (χ4v) is 4.03. The number of aliphatic hydroxyl groups excluding tert-OH is 1. The van der Waals surface area contributed by atoms with Crippen LogP contribution >= 0.6 is 0 Å². The summed E-state index contributed by atoms with van der Waals surface area (Å²) in [6.45, 7) is 8.37. The molecule has 3 heteroatoms. The predicted octanol–water partition coefficient (Wildman–Crippen LogP) is 2.78. The molecule has 3 nitrogen and oxygen atoms in total. The van der Waals surface area contributed by atoms with Crippen LogP contribution in [0, 0.1) is 5.41 Å². The van der Waals surface area contributed by atoms with Crippen LogP contribution in [0.25, 0.3) is 0 Å². The second-order valence-electron chi connectivity index (χ2n) is 7.40. The van der Waals surface area contributed by atoms with Crippen molar-refractivity contribution in [2.75, 3.05) is 26.2 Å². The SMILES string of the molecule is CC(C)NCC1(CN2CCCC2CO)CCCCCC1. The van der Waals surface area contributed by atoms with Crippen molar-refractivity contribution in [3.8, 4) is 0 Å². The molecule has 1 saturated heterocycles. The maximum atomic E-state index is 9.57. The summed E-state index contributed by atoms with van der Waals surface area (Å²) in [5, 5.41) is 13.3. The maximum absolute atomic E-state index is 9.57. The first-order chi connectivity index (χ1) is 9.65. The van der Waals surface area contributed by atoms with Gasteiger partial charge in [-0.15, -0.1) is 0 Å². The monoisotopic (exact) mass is 282 g/mol. The molecule has 1 heterocycles. The van der Waals surface area contributed by atoms with Gasteiger partial charge >= 0.3 is 0 Å². The molecule has 0 aromatic rings. The topological polar surface area (TPSA) is 35.5 Å². The Balaban J connectivity index is 2.00. The average molecular weight is 282 g/mol. The van der Waals surface area contributed by atoms with Gasteiger partial charge in [-0.1, -0.05) is 39.5 Å². The van der Waals surface area contributed by atoms with E-state index >= 15 is 0 Å². The number of likely N-dealkylation sites (tertiary alicyclic amines) is 1. The average Bonchev–Trinajstić information content (AvgIpc) is 2.74. The van der Waals surface area contributed by atoms with Crippen LogP contribution < -0.4 is 5.32 Å². The van der Waals surface area contributed by atoms with Crippen molar-refractivity contribution in [1.29, 1.82) is 0 Å². The number of hydrogen-bond donors (Lipinski definition) is 2. The van der Waals surface area contributed by atoms with E-state index in [0.29, 0.717) is 24.1 Å². The Kier molecular flexibility index (Phi) is 6.31. The molecule has 1 atom stereocenters. The Morgan fingerprint density at radius 1 is 1.15 bits per heavy atom. The van der Waals surface area contributed by atoms with Crippen LogP contribution in [-0.2, 0) is 0 Å². The van der Waals surface area contributed by atoms with Gasteiger partial charge in [0.1, 0.15) is 0 Å². The molecule has 2 aliphatic rings. The minimum Gasteiger partial charge on any atom is -0.395 e. The van der Waals surface area contributed by atoms with E-state index in [1.165, 1.54) is 64.5 Å².